The van der Waals surface area contributed by atoms with Crippen LogP contribution in [0.2, 0.25) is 0 Å². The summed E-state index contributed by atoms with van der Waals surface area (Å²) in [6.07, 6.45) is 1.17. The van der Waals surface area contributed by atoms with E-state index in [2.05, 4.69) is 14.4 Å². The Morgan fingerprint density at radius 2 is 1.85 bits per heavy atom. The van der Waals surface area contributed by atoms with Crippen molar-refractivity contribution in [3.05, 3.63) is 93.5 Å². The van der Waals surface area contributed by atoms with Gasteiger partial charge in [-0.2, -0.15) is 13.1 Å². The quantitative estimate of drug-likeness (QED) is 0.197. The zero-order valence-corrected chi connectivity index (χ0v) is 21.8. The van der Waals surface area contributed by atoms with Crippen LogP contribution >= 0.6 is 0 Å². The third-order valence-electron chi connectivity index (χ3n) is 5.61. The minimum Gasteiger partial charge on any atom is -0.436 e. The Kier molecular flexibility index (Phi) is 8.86. The maximum Gasteiger partial charge on any atom is 0.340 e. The zero-order chi connectivity index (χ0) is 28.0. The van der Waals surface area contributed by atoms with E-state index in [0.717, 1.165) is 0 Å². The number of pyridine rings is 1. The standard InChI is InChI=1S/C26H25F2N3O7S/c1-35-12-11-30-39(33,34)31-22-7-3-5-16(24(22)28)13-19-20(15-36-2)18-9-8-17(14-23(18)38-26(19)32)37-25-21(27)6-4-10-29-25/h3-10,14,30-31H,11-13,15H2,1-2H3. The van der Waals surface area contributed by atoms with Crippen LogP contribution in [-0.4, -0.2) is 40.8 Å². The van der Waals surface area contributed by atoms with Gasteiger partial charge in [-0.05, 0) is 41.5 Å². The molecule has 0 amide bonds. The van der Waals surface area contributed by atoms with Crippen molar-refractivity contribution in [2.75, 3.05) is 32.1 Å². The first kappa shape index (κ1) is 28.1. The lowest BCUT2D eigenvalue weighted by molar-refractivity contribution is 0.184. The number of methoxy groups -OCH3 is 2. The van der Waals surface area contributed by atoms with Gasteiger partial charge in [0.05, 0.1) is 18.9 Å². The topological polar surface area (TPSA) is 129 Å². The number of halogens is 2. The molecule has 0 radical (unpaired) electrons. The van der Waals surface area contributed by atoms with Gasteiger partial charge in [-0.15, -0.1) is 0 Å². The summed E-state index contributed by atoms with van der Waals surface area (Å²) in [6.45, 7) is 0.135. The van der Waals surface area contributed by atoms with E-state index in [4.69, 9.17) is 18.6 Å². The molecule has 4 aromatic rings. The average molecular weight is 562 g/mol. The summed E-state index contributed by atoms with van der Waals surface area (Å²) < 4.78 is 79.2. The van der Waals surface area contributed by atoms with Crippen LogP contribution in [0.4, 0.5) is 14.5 Å². The van der Waals surface area contributed by atoms with E-state index in [1.807, 2.05) is 0 Å². The third-order valence-corrected chi connectivity index (χ3v) is 6.68. The van der Waals surface area contributed by atoms with E-state index in [1.54, 1.807) is 12.1 Å². The van der Waals surface area contributed by atoms with Crippen molar-refractivity contribution in [2.24, 2.45) is 0 Å². The Balaban J connectivity index is 1.67. The van der Waals surface area contributed by atoms with Crippen LogP contribution in [0, 0.1) is 11.6 Å². The van der Waals surface area contributed by atoms with Crippen LogP contribution in [0.3, 0.4) is 0 Å². The van der Waals surface area contributed by atoms with Gasteiger partial charge in [0.1, 0.15) is 11.3 Å². The highest BCUT2D eigenvalue weighted by Gasteiger charge is 2.20. The lowest BCUT2D eigenvalue weighted by Crippen LogP contribution is -2.33. The molecule has 0 spiro atoms. The molecule has 10 nitrogen and oxygen atoms in total. The Labute approximate surface area is 222 Å². The summed E-state index contributed by atoms with van der Waals surface area (Å²) in [7, 11) is -1.20. The molecule has 0 unspecified atom stereocenters. The fourth-order valence-corrected chi connectivity index (χ4v) is 4.71. The van der Waals surface area contributed by atoms with Crippen LogP contribution in [-0.2, 0) is 32.7 Å². The number of hydrogen-bond acceptors (Lipinski definition) is 8. The van der Waals surface area contributed by atoms with Gasteiger partial charge in [0.2, 0.25) is 0 Å². The van der Waals surface area contributed by atoms with E-state index in [-0.39, 0.29) is 60.2 Å². The first-order valence-corrected chi connectivity index (χ1v) is 13.1. The molecule has 206 valence electrons. The number of nitrogens with zero attached hydrogens (tertiary/aromatic N) is 1. The van der Waals surface area contributed by atoms with Crippen LogP contribution in [0.5, 0.6) is 11.6 Å². The number of ether oxygens (including phenoxy) is 3. The van der Waals surface area contributed by atoms with Crippen molar-refractivity contribution >= 4 is 26.9 Å². The van der Waals surface area contributed by atoms with E-state index < -0.39 is 27.5 Å². The molecule has 0 saturated heterocycles. The highest BCUT2D eigenvalue weighted by molar-refractivity contribution is 7.90. The van der Waals surface area contributed by atoms with Crippen molar-refractivity contribution in [3.8, 4) is 11.6 Å². The smallest absolute Gasteiger partial charge is 0.340 e. The second kappa shape index (κ2) is 12.3. The number of anilines is 1. The first-order valence-electron chi connectivity index (χ1n) is 11.6. The van der Waals surface area contributed by atoms with Crippen LogP contribution in [0.25, 0.3) is 11.0 Å². The van der Waals surface area contributed by atoms with Crippen molar-refractivity contribution in [1.29, 1.82) is 0 Å². The molecule has 0 aliphatic heterocycles. The number of nitrogens with one attached hydrogen (secondary N) is 2. The van der Waals surface area contributed by atoms with Gasteiger partial charge in [0.25, 0.3) is 16.1 Å². The fraction of sp³-hybridized carbons (Fsp3) is 0.231. The minimum atomic E-state index is -4.06. The van der Waals surface area contributed by atoms with Gasteiger partial charge in [0.15, 0.2) is 11.6 Å². The molecule has 0 saturated carbocycles. The summed E-state index contributed by atoms with van der Waals surface area (Å²) in [5, 5.41) is 0.500. The minimum absolute atomic E-state index is 0.00383. The molecule has 0 aliphatic rings. The SMILES string of the molecule is COCCNS(=O)(=O)Nc1cccc(Cc2c(COC)c3ccc(Oc4ncccc4F)cc3oc2=O)c1F. The molecular weight excluding hydrogens is 536 g/mol. The fourth-order valence-electron chi connectivity index (χ4n) is 3.84. The van der Waals surface area contributed by atoms with Crippen molar-refractivity contribution in [3.63, 3.8) is 0 Å². The van der Waals surface area contributed by atoms with Gasteiger partial charge in [-0.1, -0.05) is 12.1 Å². The molecule has 2 heterocycles. The highest BCUT2D eigenvalue weighted by atomic mass is 32.2. The van der Waals surface area contributed by atoms with Gasteiger partial charge < -0.3 is 18.6 Å². The second-order valence-corrected chi connectivity index (χ2v) is 9.78. The zero-order valence-electron chi connectivity index (χ0n) is 21.0. The number of aromatic nitrogens is 1. The van der Waals surface area contributed by atoms with Crippen LogP contribution < -0.4 is 19.8 Å². The first-order chi connectivity index (χ1) is 18.7. The second-order valence-electron chi connectivity index (χ2n) is 8.28. The Bertz CT molecular complexity index is 1640. The molecule has 0 fully saturated rings. The normalized spacial score (nSPS) is 11.6. The molecule has 13 heteroatoms. The molecule has 2 aromatic heterocycles. The molecular formula is C26H25F2N3O7S. The van der Waals surface area contributed by atoms with E-state index >= 15 is 4.39 Å². The van der Waals surface area contributed by atoms with E-state index in [1.165, 1.54) is 56.8 Å². The van der Waals surface area contributed by atoms with Gasteiger partial charge >= 0.3 is 5.63 Å². The molecule has 4 rings (SSSR count). The molecule has 2 aromatic carbocycles. The lowest BCUT2D eigenvalue weighted by Gasteiger charge is -2.14. The largest absolute Gasteiger partial charge is 0.436 e. The number of benzene rings is 2. The maximum absolute atomic E-state index is 15.3. The maximum atomic E-state index is 15.3. The van der Waals surface area contributed by atoms with Gasteiger partial charge in [-0.3, -0.25) is 4.72 Å². The predicted molar refractivity (Wildman–Crippen MR) is 139 cm³/mol. The lowest BCUT2D eigenvalue weighted by atomic mass is 9.98. The monoisotopic (exact) mass is 561 g/mol. The molecule has 0 bridgehead atoms. The van der Waals surface area contributed by atoms with Crippen molar-refractivity contribution in [1.82, 2.24) is 9.71 Å². The van der Waals surface area contributed by atoms with Crippen molar-refractivity contribution in [2.45, 2.75) is 13.0 Å². The Morgan fingerprint density at radius 1 is 1.03 bits per heavy atom. The third kappa shape index (κ3) is 6.75. The van der Waals surface area contributed by atoms with Crippen LogP contribution in [0.1, 0.15) is 16.7 Å². The molecule has 0 aliphatic carbocycles. The summed E-state index contributed by atoms with van der Waals surface area (Å²) in [4.78, 5) is 16.9. The van der Waals surface area contributed by atoms with Gasteiger partial charge in [-0.25, -0.2) is 18.6 Å². The van der Waals surface area contributed by atoms with Gasteiger partial charge in [0, 0.05) is 50.4 Å². The summed E-state index contributed by atoms with van der Waals surface area (Å²) in [5.74, 6) is -1.57. The predicted octanol–water partition coefficient (Wildman–Crippen LogP) is 3.89. The number of rotatable bonds is 12. The highest BCUT2D eigenvalue weighted by Crippen LogP contribution is 2.30. The molecule has 39 heavy (non-hydrogen) atoms. The summed E-state index contributed by atoms with van der Waals surface area (Å²) in [6, 6.07) is 11.4. The van der Waals surface area contributed by atoms with E-state index in [0.29, 0.717) is 10.9 Å². The molecule has 2 N–H and O–H groups in total. The number of hydrogen-bond donors (Lipinski definition) is 2. The van der Waals surface area contributed by atoms with E-state index in [9.17, 15) is 17.6 Å². The summed E-state index contributed by atoms with van der Waals surface area (Å²) in [5.41, 5.74) is -0.256. The van der Waals surface area contributed by atoms with Crippen LogP contribution in [0.15, 0.2) is 63.9 Å². The molecule has 0 atom stereocenters. The Morgan fingerprint density at radius 3 is 2.59 bits per heavy atom. The van der Waals surface area contributed by atoms with Crippen molar-refractivity contribution < 1.29 is 35.8 Å². The average Bonchev–Trinajstić information content (AvgIpc) is 2.89. The number of fused-ring (bicyclic) bond motifs is 1. The Hall–Kier alpha value is -3.91. The summed E-state index contributed by atoms with van der Waals surface area (Å²) >= 11 is 0.